The van der Waals surface area contributed by atoms with Crippen molar-refractivity contribution < 1.29 is 14.3 Å². The molecule has 2 aliphatic rings. The first-order chi connectivity index (χ1) is 13.2. The Balaban J connectivity index is 1.65. The predicted octanol–water partition coefficient (Wildman–Crippen LogP) is 3.40. The van der Waals surface area contributed by atoms with Gasteiger partial charge in [-0.25, -0.2) is 0 Å². The second kappa shape index (κ2) is 10.1. The number of hydrogen-bond acceptors (Lipinski definition) is 4. The van der Waals surface area contributed by atoms with Crippen LogP contribution >= 0.6 is 0 Å². The van der Waals surface area contributed by atoms with E-state index in [1.54, 1.807) is 0 Å². The molecule has 27 heavy (non-hydrogen) atoms. The Bertz CT molecular complexity index is 578. The van der Waals surface area contributed by atoms with Gasteiger partial charge in [-0.15, -0.1) is 0 Å². The van der Waals surface area contributed by atoms with Gasteiger partial charge in [0.1, 0.15) is 5.75 Å². The zero-order chi connectivity index (χ0) is 19.1. The molecule has 0 spiro atoms. The Morgan fingerprint density at radius 2 is 1.89 bits per heavy atom. The topological polar surface area (TPSA) is 50.8 Å². The quantitative estimate of drug-likeness (QED) is 0.758. The average Bonchev–Trinajstić information content (AvgIpc) is 3.24. The molecule has 1 aromatic carbocycles. The number of amides is 1. The number of morpholine rings is 1. The van der Waals surface area contributed by atoms with E-state index in [2.05, 4.69) is 29.3 Å². The molecule has 5 nitrogen and oxygen atoms in total. The first-order valence-corrected chi connectivity index (χ1v) is 10.5. The Kier molecular flexibility index (Phi) is 7.53. The van der Waals surface area contributed by atoms with Crippen LogP contribution in [0, 0.1) is 11.8 Å². The maximum Gasteiger partial charge on any atom is 0.223 e. The summed E-state index contributed by atoms with van der Waals surface area (Å²) in [6.07, 6.45) is 4.93. The Morgan fingerprint density at radius 1 is 1.22 bits per heavy atom. The Labute approximate surface area is 163 Å². The van der Waals surface area contributed by atoms with Crippen molar-refractivity contribution in [2.45, 2.75) is 45.6 Å². The van der Waals surface area contributed by atoms with Gasteiger partial charge in [-0.3, -0.25) is 9.69 Å². The van der Waals surface area contributed by atoms with E-state index in [9.17, 15) is 4.79 Å². The average molecular weight is 375 g/mol. The van der Waals surface area contributed by atoms with Crippen molar-refractivity contribution in [3.63, 3.8) is 0 Å². The lowest BCUT2D eigenvalue weighted by Gasteiger charge is -2.35. The standard InChI is InChI=1S/C22H34N2O3/c1-3-27-20-10-8-19(9-11-20)21(24-12-14-26-15-13-24)16-23-22(25)17(2)18-6-4-5-7-18/h8-11,17-18,21H,3-7,12-16H2,1-2H3,(H,23,25). The summed E-state index contributed by atoms with van der Waals surface area (Å²) in [5, 5.41) is 3.24. The smallest absolute Gasteiger partial charge is 0.223 e. The molecule has 2 fully saturated rings. The highest BCUT2D eigenvalue weighted by molar-refractivity contribution is 5.78. The van der Waals surface area contributed by atoms with E-state index < -0.39 is 0 Å². The predicted molar refractivity (Wildman–Crippen MR) is 107 cm³/mol. The molecule has 1 amide bonds. The van der Waals surface area contributed by atoms with Gasteiger partial charge in [0.25, 0.3) is 0 Å². The summed E-state index contributed by atoms with van der Waals surface area (Å²) in [6.45, 7) is 8.68. The lowest BCUT2D eigenvalue weighted by Crippen LogP contribution is -2.45. The van der Waals surface area contributed by atoms with Crippen molar-refractivity contribution in [3.8, 4) is 5.75 Å². The van der Waals surface area contributed by atoms with E-state index in [4.69, 9.17) is 9.47 Å². The second-order valence-corrected chi connectivity index (χ2v) is 7.74. The van der Waals surface area contributed by atoms with E-state index in [-0.39, 0.29) is 17.9 Å². The number of hydrogen-bond donors (Lipinski definition) is 1. The summed E-state index contributed by atoms with van der Waals surface area (Å²) in [5.74, 6) is 1.75. The fraction of sp³-hybridized carbons (Fsp3) is 0.682. The van der Waals surface area contributed by atoms with Gasteiger partial charge < -0.3 is 14.8 Å². The molecule has 0 aromatic heterocycles. The number of carbonyl (C=O) groups excluding carboxylic acids is 1. The molecule has 1 saturated carbocycles. The number of benzene rings is 1. The molecule has 1 aliphatic carbocycles. The first kappa shape index (κ1) is 20.2. The fourth-order valence-corrected chi connectivity index (χ4v) is 4.33. The highest BCUT2D eigenvalue weighted by atomic mass is 16.5. The van der Waals surface area contributed by atoms with Gasteiger partial charge in [0.15, 0.2) is 0 Å². The Hall–Kier alpha value is -1.59. The van der Waals surface area contributed by atoms with Gasteiger partial charge in [0.2, 0.25) is 5.91 Å². The van der Waals surface area contributed by atoms with Crippen LogP contribution in [-0.2, 0) is 9.53 Å². The SMILES string of the molecule is CCOc1ccc(C(CNC(=O)C(C)C2CCCC2)N2CCOCC2)cc1. The highest BCUT2D eigenvalue weighted by Crippen LogP contribution is 2.31. The van der Waals surface area contributed by atoms with Crippen molar-refractivity contribution in [2.24, 2.45) is 11.8 Å². The van der Waals surface area contributed by atoms with E-state index in [1.807, 2.05) is 19.1 Å². The summed E-state index contributed by atoms with van der Waals surface area (Å²) < 4.78 is 11.1. The maximum atomic E-state index is 12.7. The van der Waals surface area contributed by atoms with Crippen LogP contribution in [0.3, 0.4) is 0 Å². The highest BCUT2D eigenvalue weighted by Gasteiger charge is 2.28. The summed E-state index contributed by atoms with van der Waals surface area (Å²) in [5.41, 5.74) is 1.22. The minimum atomic E-state index is 0.109. The maximum absolute atomic E-state index is 12.7. The second-order valence-electron chi connectivity index (χ2n) is 7.74. The zero-order valence-corrected chi connectivity index (χ0v) is 16.8. The van der Waals surface area contributed by atoms with Crippen molar-refractivity contribution in [1.29, 1.82) is 0 Å². The first-order valence-electron chi connectivity index (χ1n) is 10.5. The van der Waals surface area contributed by atoms with Gasteiger partial charge in [-0.1, -0.05) is 31.9 Å². The van der Waals surface area contributed by atoms with Crippen LogP contribution in [0.1, 0.15) is 51.1 Å². The number of rotatable bonds is 8. The fourth-order valence-electron chi connectivity index (χ4n) is 4.33. The molecular weight excluding hydrogens is 340 g/mol. The van der Waals surface area contributed by atoms with Crippen molar-refractivity contribution in [1.82, 2.24) is 10.2 Å². The molecular formula is C22H34N2O3. The third-order valence-electron chi connectivity index (χ3n) is 6.05. The molecule has 3 rings (SSSR count). The number of ether oxygens (including phenoxy) is 2. The monoisotopic (exact) mass is 374 g/mol. The van der Waals surface area contributed by atoms with Crippen LogP contribution in [0.4, 0.5) is 0 Å². The molecule has 0 bridgehead atoms. The van der Waals surface area contributed by atoms with Crippen LogP contribution in [0.15, 0.2) is 24.3 Å². The van der Waals surface area contributed by atoms with Gasteiger partial charge in [-0.2, -0.15) is 0 Å². The number of carbonyl (C=O) groups is 1. The van der Waals surface area contributed by atoms with Crippen molar-refractivity contribution in [2.75, 3.05) is 39.5 Å². The van der Waals surface area contributed by atoms with Gasteiger partial charge in [0.05, 0.1) is 25.9 Å². The van der Waals surface area contributed by atoms with Crippen LogP contribution in [0.2, 0.25) is 0 Å². The minimum absolute atomic E-state index is 0.109. The Morgan fingerprint density at radius 3 is 2.52 bits per heavy atom. The molecule has 1 aromatic rings. The molecule has 1 saturated heterocycles. The van der Waals surface area contributed by atoms with E-state index >= 15 is 0 Å². The van der Waals surface area contributed by atoms with E-state index in [1.165, 1.54) is 31.2 Å². The molecule has 1 N–H and O–H groups in total. The number of nitrogens with one attached hydrogen (secondary N) is 1. The van der Waals surface area contributed by atoms with Crippen molar-refractivity contribution in [3.05, 3.63) is 29.8 Å². The minimum Gasteiger partial charge on any atom is -0.494 e. The van der Waals surface area contributed by atoms with Gasteiger partial charge in [0, 0.05) is 25.6 Å². The molecule has 1 aliphatic heterocycles. The summed E-state index contributed by atoms with van der Waals surface area (Å²) in [4.78, 5) is 15.1. The lowest BCUT2D eigenvalue weighted by molar-refractivity contribution is -0.126. The van der Waals surface area contributed by atoms with Crippen LogP contribution in [-0.4, -0.2) is 50.3 Å². The normalized spacial score (nSPS) is 21.0. The molecule has 2 unspecified atom stereocenters. The zero-order valence-electron chi connectivity index (χ0n) is 16.8. The number of nitrogens with zero attached hydrogens (tertiary/aromatic N) is 1. The summed E-state index contributed by atoms with van der Waals surface area (Å²) in [6, 6.07) is 8.46. The largest absolute Gasteiger partial charge is 0.494 e. The van der Waals surface area contributed by atoms with Crippen molar-refractivity contribution >= 4 is 5.91 Å². The van der Waals surface area contributed by atoms with Crippen LogP contribution < -0.4 is 10.1 Å². The third-order valence-corrected chi connectivity index (χ3v) is 6.05. The van der Waals surface area contributed by atoms with Crippen LogP contribution in [0.5, 0.6) is 5.75 Å². The molecule has 0 radical (unpaired) electrons. The summed E-state index contributed by atoms with van der Waals surface area (Å²) >= 11 is 0. The lowest BCUT2D eigenvalue weighted by atomic mass is 9.91. The molecule has 150 valence electrons. The third kappa shape index (κ3) is 5.45. The molecule has 1 heterocycles. The molecule has 5 heteroatoms. The summed E-state index contributed by atoms with van der Waals surface area (Å²) in [7, 11) is 0. The molecule has 2 atom stereocenters. The van der Waals surface area contributed by atoms with Crippen LogP contribution in [0.25, 0.3) is 0 Å². The van der Waals surface area contributed by atoms with Gasteiger partial charge in [-0.05, 0) is 43.4 Å². The van der Waals surface area contributed by atoms with E-state index in [0.29, 0.717) is 19.1 Å². The van der Waals surface area contributed by atoms with Gasteiger partial charge >= 0.3 is 0 Å². The van der Waals surface area contributed by atoms with E-state index in [0.717, 1.165) is 32.1 Å².